The van der Waals surface area contributed by atoms with Crippen LogP contribution >= 0.6 is 0 Å². The highest BCUT2D eigenvalue weighted by atomic mass is 16.5. The van der Waals surface area contributed by atoms with Gasteiger partial charge in [-0.2, -0.15) is 0 Å². The highest BCUT2D eigenvalue weighted by Gasteiger charge is 2.34. The van der Waals surface area contributed by atoms with Crippen molar-refractivity contribution >= 4 is 5.91 Å². The molecule has 1 aromatic rings. The van der Waals surface area contributed by atoms with E-state index in [4.69, 9.17) is 4.74 Å². The second-order valence-electron chi connectivity index (χ2n) is 5.02. The molecule has 1 heterocycles. The molecule has 1 aromatic carbocycles. The van der Waals surface area contributed by atoms with Crippen LogP contribution in [0.15, 0.2) is 24.3 Å². The Morgan fingerprint density at radius 3 is 2.68 bits per heavy atom. The maximum absolute atomic E-state index is 12.4. The molecule has 0 unspecified atom stereocenters. The Bertz CT molecular complexity index is 439. The second-order valence-corrected chi connectivity index (χ2v) is 5.02. The first-order chi connectivity index (χ1) is 9.21. The van der Waals surface area contributed by atoms with Crippen LogP contribution in [0.5, 0.6) is 0 Å². The summed E-state index contributed by atoms with van der Waals surface area (Å²) in [4.78, 5) is 12.4. The van der Waals surface area contributed by atoms with Gasteiger partial charge in [0.25, 0.3) is 5.91 Å². The van der Waals surface area contributed by atoms with Crippen LogP contribution in [0, 0.1) is 0 Å². The number of rotatable bonds is 4. The van der Waals surface area contributed by atoms with E-state index in [0.717, 1.165) is 12.0 Å². The molecule has 1 aliphatic heterocycles. The number of nitrogens with one attached hydrogen (secondary N) is 1. The summed E-state index contributed by atoms with van der Waals surface area (Å²) in [5, 5.41) is 12.6. The van der Waals surface area contributed by atoms with E-state index in [1.165, 1.54) is 0 Å². The zero-order valence-electron chi connectivity index (χ0n) is 11.3. The van der Waals surface area contributed by atoms with Gasteiger partial charge in [0.1, 0.15) is 0 Å². The van der Waals surface area contributed by atoms with Crippen molar-refractivity contribution in [3.8, 4) is 0 Å². The van der Waals surface area contributed by atoms with E-state index >= 15 is 0 Å². The number of amides is 1. The monoisotopic (exact) mass is 263 g/mol. The Labute approximate surface area is 113 Å². The molecular formula is C15H21NO3. The van der Waals surface area contributed by atoms with Gasteiger partial charge >= 0.3 is 0 Å². The van der Waals surface area contributed by atoms with Crippen molar-refractivity contribution in [2.45, 2.75) is 31.7 Å². The Hall–Kier alpha value is -1.39. The number of hydrogen-bond donors (Lipinski definition) is 2. The summed E-state index contributed by atoms with van der Waals surface area (Å²) in [5.74, 6) is -0.103. The van der Waals surface area contributed by atoms with Gasteiger partial charge in [0.15, 0.2) is 0 Å². The maximum atomic E-state index is 12.4. The molecule has 1 aliphatic rings. The lowest BCUT2D eigenvalue weighted by Gasteiger charge is -2.36. The van der Waals surface area contributed by atoms with Gasteiger partial charge in [-0.25, -0.2) is 0 Å². The summed E-state index contributed by atoms with van der Waals surface area (Å²) < 4.78 is 5.30. The number of carbonyl (C=O) groups is 1. The molecule has 0 bridgehead atoms. The van der Waals surface area contributed by atoms with Crippen LogP contribution in [-0.2, 0) is 11.2 Å². The Morgan fingerprint density at radius 2 is 2.05 bits per heavy atom. The van der Waals surface area contributed by atoms with Crippen LogP contribution in [0.25, 0.3) is 0 Å². The van der Waals surface area contributed by atoms with E-state index in [-0.39, 0.29) is 12.5 Å². The third kappa shape index (κ3) is 3.14. The summed E-state index contributed by atoms with van der Waals surface area (Å²) in [7, 11) is 0. The smallest absolute Gasteiger partial charge is 0.252 e. The average molecular weight is 263 g/mol. The number of aliphatic hydroxyl groups is 1. The number of ether oxygens (including phenoxy) is 1. The molecule has 0 radical (unpaired) electrons. The van der Waals surface area contributed by atoms with Gasteiger partial charge < -0.3 is 15.2 Å². The minimum absolute atomic E-state index is 0.0452. The molecule has 104 valence electrons. The van der Waals surface area contributed by atoms with E-state index in [1.807, 2.05) is 31.2 Å². The van der Waals surface area contributed by atoms with Crippen molar-refractivity contribution < 1.29 is 14.6 Å². The third-order valence-corrected chi connectivity index (χ3v) is 3.77. The fourth-order valence-corrected chi connectivity index (χ4v) is 2.44. The van der Waals surface area contributed by atoms with Crippen molar-refractivity contribution in [3.05, 3.63) is 35.4 Å². The number of aryl methyl sites for hydroxylation is 1. The van der Waals surface area contributed by atoms with Crippen molar-refractivity contribution in [2.24, 2.45) is 0 Å². The normalized spacial score (nSPS) is 18.0. The van der Waals surface area contributed by atoms with Gasteiger partial charge in [-0.15, -0.1) is 0 Å². The van der Waals surface area contributed by atoms with Crippen molar-refractivity contribution in [1.82, 2.24) is 5.32 Å². The molecule has 0 saturated carbocycles. The molecule has 4 nitrogen and oxygen atoms in total. The summed E-state index contributed by atoms with van der Waals surface area (Å²) in [5.41, 5.74) is 1.19. The quantitative estimate of drug-likeness (QED) is 0.866. The Morgan fingerprint density at radius 1 is 1.37 bits per heavy atom. The summed E-state index contributed by atoms with van der Waals surface area (Å²) >= 11 is 0. The highest BCUT2D eigenvalue weighted by molar-refractivity contribution is 5.96. The molecule has 19 heavy (non-hydrogen) atoms. The highest BCUT2D eigenvalue weighted by Crippen LogP contribution is 2.21. The topological polar surface area (TPSA) is 58.6 Å². The van der Waals surface area contributed by atoms with Gasteiger partial charge in [-0.1, -0.05) is 25.1 Å². The zero-order valence-corrected chi connectivity index (χ0v) is 11.3. The molecule has 0 atom stereocenters. The molecule has 1 saturated heterocycles. The third-order valence-electron chi connectivity index (χ3n) is 3.77. The number of benzene rings is 1. The first-order valence-corrected chi connectivity index (χ1v) is 6.80. The molecule has 0 spiro atoms. The molecule has 0 aromatic heterocycles. The molecular weight excluding hydrogens is 242 g/mol. The first-order valence-electron chi connectivity index (χ1n) is 6.80. The fraction of sp³-hybridized carbons (Fsp3) is 0.533. The van der Waals surface area contributed by atoms with Gasteiger partial charge in [0, 0.05) is 18.8 Å². The predicted octanol–water partition coefficient (Wildman–Crippen LogP) is 1.52. The standard InChI is InChI=1S/C15H21NO3/c1-2-12-5-3-4-6-13(12)14(18)16-15(11-17)7-9-19-10-8-15/h3-6,17H,2,7-11H2,1H3,(H,16,18). The lowest BCUT2D eigenvalue weighted by atomic mass is 9.90. The Balaban J connectivity index is 2.15. The molecule has 4 heteroatoms. The van der Waals surface area contributed by atoms with Crippen molar-refractivity contribution in [3.63, 3.8) is 0 Å². The van der Waals surface area contributed by atoms with Gasteiger partial charge in [0.2, 0.25) is 0 Å². The molecule has 2 rings (SSSR count). The largest absolute Gasteiger partial charge is 0.394 e. The van der Waals surface area contributed by atoms with Gasteiger partial charge in [-0.05, 0) is 30.9 Å². The van der Waals surface area contributed by atoms with Crippen LogP contribution in [0.4, 0.5) is 0 Å². The number of carbonyl (C=O) groups excluding carboxylic acids is 1. The SMILES string of the molecule is CCc1ccccc1C(=O)NC1(CO)CCOCC1. The molecule has 2 N–H and O–H groups in total. The first kappa shape index (κ1) is 14.0. The maximum Gasteiger partial charge on any atom is 0.252 e. The summed E-state index contributed by atoms with van der Waals surface area (Å²) in [6, 6.07) is 7.60. The number of aliphatic hydroxyl groups excluding tert-OH is 1. The van der Waals surface area contributed by atoms with Crippen LogP contribution in [-0.4, -0.2) is 36.4 Å². The zero-order chi connectivity index (χ0) is 13.7. The van der Waals surface area contributed by atoms with Crippen LogP contribution in [0.2, 0.25) is 0 Å². The minimum Gasteiger partial charge on any atom is -0.394 e. The van der Waals surface area contributed by atoms with E-state index in [9.17, 15) is 9.90 Å². The summed E-state index contributed by atoms with van der Waals surface area (Å²) in [6.07, 6.45) is 2.13. The van der Waals surface area contributed by atoms with Crippen molar-refractivity contribution in [1.29, 1.82) is 0 Å². The van der Waals surface area contributed by atoms with E-state index in [2.05, 4.69) is 5.32 Å². The van der Waals surface area contributed by atoms with Crippen molar-refractivity contribution in [2.75, 3.05) is 19.8 Å². The van der Waals surface area contributed by atoms with Crippen LogP contribution < -0.4 is 5.32 Å². The van der Waals surface area contributed by atoms with Gasteiger partial charge in [0.05, 0.1) is 12.1 Å². The van der Waals surface area contributed by atoms with Crippen LogP contribution in [0.1, 0.15) is 35.7 Å². The molecule has 0 aliphatic carbocycles. The minimum atomic E-state index is -0.532. The van der Waals surface area contributed by atoms with E-state index in [0.29, 0.717) is 31.6 Å². The second kappa shape index (κ2) is 6.17. The van der Waals surface area contributed by atoms with Crippen LogP contribution in [0.3, 0.4) is 0 Å². The number of hydrogen-bond acceptors (Lipinski definition) is 3. The Kier molecular flexibility index (Phi) is 4.56. The van der Waals surface area contributed by atoms with Gasteiger partial charge in [-0.3, -0.25) is 4.79 Å². The lowest BCUT2D eigenvalue weighted by Crippen LogP contribution is -2.54. The molecule has 1 amide bonds. The van der Waals surface area contributed by atoms with E-state index < -0.39 is 5.54 Å². The summed E-state index contributed by atoms with van der Waals surface area (Å²) in [6.45, 7) is 3.14. The lowest BCUT2D eigenvalue weighted by molar-refractivity contribution is 0.0125. The fourth-order valence-electron chi connectivity index (χ4n) is 2.44. The molecule has 1 fully saturated rings. The van der Waals surface area contributed by atoms with E-state index in [1.54, 1.807) is 0 Å². The average Bonchev–Trinajstić information content (AvgIpc) is 2.48. The predicted molar refractivity (Wildman–Crippen MR) is 73.2 cm³/mol.